The van der Waals surface area contributed by atoms with Gasteiger partial charge in [-0.3, -0.25) is 0 Å². The lowest BCUT2D eigenvalue weighted by Gasteiger charge is -2.13. The summed E-state index contributed by atoms with van der Waals surface area (Å²) in [6.07, 6.45) is 0. The summed E-state index contributed by atoms with van der Waals surface area (Å²) < 4.78 is 11.1. The summed E-state index contributed by atoms with van der Waals surface area (Å²) in [7, 11) is 1.66. The van der Waals surface area contributed by atoms with Crippen molar-refractivity contribution in [3.05, 3.63) is 84.4 Å². The number of anilines is 1. The number of thiocarbonyl (C=S) groups is 1. The summed E-state index contributed by atoms with van der Waals surface area (Å²) in [5.41, 5.74) is 1.94. The normalized spacial score (nSPS) is 10.0. The van der Waals surface area contributed by atoms with Gasteiger partial charge in [-0.2, -0.15) is 0 Å². The molecule has 3 aromatic carbocycles. The Morgan fingerprint density at radius 1 is 0.846 bits per heavy atom. The average molecular weight is 364 g/mol. The summed E-state index contributed by atoms with van der Waals surface area (Å²) in [6.45, 7) is 0.588. The van der Waals surface area contributed by atoms with Crippen molar-refractivity contribution in [1.29, 1.82) is 0 Å². The summed E-state index contributed by atoms with van der Waals surface area (Å²) in [5.74, 6) is 2.42. The summed E-state index contributed by atoms with van der Waals surface area (Å²) in [5, 5.41) is 6.90. The maximum absolute atomic E-state index is 5.78. The summed E-state index contributed by atoms with van der Waals surface area (Å²) in [6, 6.07) is 25.2. The molecule has 0 saturated carbocycles. The van der Waals surface area contributed by atoms with Crippen molar-refractivity contribution in [3.8, 4) is 17.2 Å². The fourth-order valence-electron chi connectivity index (χ4n) is 2.43. The molecule has 26 heavy (non-hydrogen) atoms. The Labute approximate surface area is 158 Å². The van der Waals surface area contributed by atoms with Gasteiger partial charge in [-0.05, 0) is 54.7 Å². The van der Waals surface area contributed by atoms with Crippen molar-refractivity contribution in [2.75, 3.05) is 12.4 Å². The highest BCUT2D eigenvalue weighted by Gasteiger charge is 2.03. The standard InChI is InChI=1S/C21H20N2O2S/c1-24-20-10-6-5-7-16(20)15-22-21(26)23-17-11-13-19(14-12-17)25-18-8-3-2-4-9-18/h2-14H,15H2,1H3,(H2,22,23,26). The van der Waals surface area contributed by atoms with E-state index in [0.717, 1.165) is 28.5 Å². The number of ether oxygens (including phenoxy) is 2. The van der Waals surface area contributed by atoms with E-state index < -0.39 is 0 Å². The highest BCUT2D eigenvalue weighted by atomic mass is 32.1. The second-order valence-corrected chi connectivity index (χ2v) is 5.97. The molecular weight excluding hydrogens is 344 g/mol. The lowest BCUT2D eigenvalue weighted by molar-refractivity contribution is 0.409. The number of benzene rings is 3. The van der Waals surface area contributed by atoms with E-state index in [1.165, 1.54) is 0 Å². The molecule has 2 N–H and O–H groups in total. The van der Waals surface area contributed by atoms with Crippen LogP contribution in [0.15, 0.2) is 78.9 Å². The molecule has 0 aliphatic rings. The van der Waals surface area contributed by atoms with E-state index in [1.807, 2.05) is 78.9 Å². The summed E-state index contributed by atoms with van der Waals surface area (Å²) >= 11 is 5.36. The predicted molar refractivity (Wildman–Crippen MR) is 109 cm³/mol. The SMILES string of the molecule is COc1ccccc1CNC(=S)Nc1ccc(Oc2ccccc2)cc1. The van der Waals surface area contributed by atoms with Crippen LogP contribution in [0.1, 0.15) is 5.56 Å². The zero-order valence-corrected chi connectivity index (χ0v) is 15.3. The molecule has 0 aromatic heterocycles. The number of rotatable bonds is 6. The van der Waals surface area contributed by atoms with Crippen molar-refractivity contribution in [2.45, 2.75) is 6.54 Å². The second-order valence-electron chi connectivity index (χ2n) is 5.56. The van der Waals surface area contributed by atoms with Crippen molar-refractivity contribution in [1.82, 2.24) is 5.32 Å². The molecule has 0 fully saturated rings. The Morgan fingerprint density at radius 2 is 1.50 bits per heavy atom. The van der Waals surface area contributed by atoms with E-state index in [-0.39, 0.29) is 0 Å². The first-order valence-corrected chi connectivity index (χ1v) is 8.65. The highest BCUT2D eigenvalue weighted by Crippen LogP contribution is 2.22. The van der Waals surface area contributed by atoms with Gasteiger partial charge in [0, 0.05) is 17.8 Å². The average Bonchev–Trinajstić information content (AvgIpc) is 2.69. The zero-order chi connectivity index (χ0) is 18.2. The Balaban J connectivity index is 1.53. The fourth-order valence-corrected chi connectivity index (χ4v) is 2.62. The van der Waals surface area contributed by atoms with E-state index in [4.69, 9.17) is 21.7 Å². The molecule has 0 atom stereocenters. The predicted octanol–water partition coefficient (Wildman–Crippen LogP) is 4.97. The quantitative estimate of drug-likeness (QED) is 0.604. The molecule has 0 heterocycles. The van der Waals surface area contributed by atoms with E-state index in [9.17, 15) is 0 Å². The van der Waals surface area contributed by atoms with Gasteiger partial charge in [-0.25, -0.2) is 0 Å². The molecule has 0 amide bonds. The molecule has 5 heteroatoms. The number of nitrogens with one attached hydrogen (secondary N) is 2. The lowest BCUT2D eigenvalue weighted by atomic mass is 10.2. The third-order valence-corrected chi connectivity index (χ3v) is 3.97. The number of hydrogen-bond donors (Lipinski definition) is 2. The van der Waals surface area contributed by atoms with Crippen LogP contribution >= 0.6 is 12.2 Å². The molecule has 0 radical (unpaired) electrons. The molecule has 0 bridgehead atoms. The molecule has 132 valence electrons. The van der Waals surface area contributed by atoms with Gasteiger partial charge in [0.1, 0.15) is 17.2 Å². The minimum Gasteiger partial charge on any atom is -0.496 e. The smallest absolute Gasteiger partial charge is 0.171 e. The van der Waals surface area contributed by atoms with Crippen molar-refractivity contribution in [3.63, 3.8) is 0 Å². The van der Waals surface area contributed by atoms with Gasteiger partial charge in [-0.1, -0.05) is 36.4 Å². The Bertz CT molecular complexity index is 851. The molecule has 0 aliphatic heterocycles. The molecule has 0 spiro atoms. The maximum Gasteiger partial charge on any atom is 0.171 e. The largest absolute Gasteiger partial charge is 0.496 e. The van der Waals surface area contributed by atoms with Crippen molar-refractivity contribution < 1.29 is 9.47 Å². The van der Waals surface area contributed by atoms with Crippen LogP contribution in [0.25, 0.3) is 0 Å². The van der Waals surface area contributed by atoms with Gasteiger partial charge in [0.2, 0.25) is 0 Å². The minimum absolute atomic E-state index is 0.549. The topological polar surface area (TPSA) is 42.5 Å². The van der Waals surface area contributed by atoms with Gasteiger partial charge >= 0.3 is 0 Å². The fraction of sp³-hybridized carbons (Fsp3) is 0.0952. The second kappa shape index (κ2) is 8.87. The van der Waals surface area contributed by atoms with Gasteiger partial charge < -0.3 is 20.1 Å². The van der Waals surface area contributed by atoms with Crippen LogP contribution in [0, 0.1) is 0 Å². The van der Waals surface area contributed by atoms with Gasteiger partial charge in [-0.15, -0.1) is 0 Å². The number of hydrogen-bond acceptors (Lipinski definition) is 3. The van der Waals surface area contributed by atoms with Gasteiger partial charge in [0.05, 0.1) is 7.11 Å². The van der Waals surface area contributed by atoms with Crippen LogP contribution in [0.4, 0.5) is 5.69 Å². The Morgan fingerprint density at radius 3 is 2.23 bits per heavy atom. The highest BCUT2D eigenvalue weighted by molar-refractivity contribution is 7.80. The van der Waals surface area contributed by atoms with E-state index in [2.05, 4.69) is 10.6 Å². The molecule has 0 saturated heterocycles. The van der Waals surface area contributed by atoms with Crippen molar-refractivity contribution in [2.24, 2.45) is 0 Å². The first-order chi connectivity index (χ1) is 12.7. The molecule has 3 rings (SSSR count). The van der Waals surface area contributed by atoms with Crippen LogP contribution in [-0.2, 0) is 6.54 Å². The van der Waals surface area contributed by atoms with Crippen molar-refractivity contribution >= 4 is 23.0 Å². The monoisotopic (exact) mass is 364 g/mol. The van der Waals surface area contributed by atoms with E-state index in [0.29, 0.717) is 11.7 Å². The van der Waals surface area contributed by atoms with Gasteiger partial charge in [0.25, 0.3) is 0 Å². The van der Waals surface area contributed by atoms with E-state index >= 15 is 0 Å². The zero-order valence-electron chi connectivity index (χ0n) is 14.4. The minimum atomic E-state index is 0.549. The Kier molecular flexibility index (Phi) is 6.06. The molecular formula is C21H20N2O2S. The first-order valence-electron chi connectivity index (χ1n) is 8.24. The van der Waals surface area contributed by atoms with Gasteiger partial charge in [0.15, 0.2) is 5.11 Å². The first kappa shape index (κ1) is 17.8. The van der Waals surface area contributed by atoms with Crippen LogP contribution in [-0.4, -0.2) is 12.2 Å². The maximum atomic E-state index is 5.78. The number of methoxy groups -OCH3 is 1. The van der Waals surface area contributed by atoms with Crippen LogP contribution in [0.5, 0.6) is 17.2 Å². The lowest BCUT2D eigenvalue weighted by Crippen LogP contribution is -2.28. The van der Waals surface area contributed by atoms with Crippen LogP contribution in [0.2, 0.25) is 0 Å². The van der Waals surface area contributed by atoms with Crippen LogP contribution in [0.3, 0.4) is 0 Å². The molecule has 3 aromatic rings. The summed E-state index contributed by atoms with van der Waals surface area (Å²) in [4.78, 5) is 0. The molecule has 0 aliphatic carbocycles. The Hall–Kier alpha value is -3.05. The third-order valence-electron chi connectivity index (χ3n) is 3.72. The van der Waals surface area contributed by atoms with Crippen LogP contribution < -0.4 is 20.1 Å². The third kappa shape index (κ3) is 4.97. The number of para-hydroxylation sites is 2. The van der Waals surface area contributed by atoms with E-state index in [1.54, 1.807) is 7.11 Å². The molecule has 0 unspecified atom stereocenters. The molecule has 4 nitrogen and oxygen atoms in total.